The molecular formula is C17H20N6O4S. The van der Waals surface area contributed by atoms with Gasteiger partial charge in [0, 0.05) is 51.6 Å². The Morgan fingerprint density at radius 1 is 1.43 bits per heavy atom. The number of amides is 1. The standard InChI is InChI=1S/C17H20N6O4S/c1-22-10-15(20-12-22)28(25,26)23-6-4-17(11-23)7-14(21-27-17)16(24)19-9-13-3-2-5-18-8-13/h2-3,5,8,10,12H,4,6-7,9,11H2,1H3,(H,19,24)/t17-/m0/s1. The van der Waals surface area contributed by atoms with E-state index in [1.54, 1.807) is 30.1 Å². The number of hydrogen-bond acceptors (Lipinski definition) is 7. The highest BCUT2D eigenvalue weighted by molar-refractivity contribution is 7.89. The summed E-state index contributed by atoms with van der Waals surface area (Å²) < 4.78 is 28.4. The van der Waals surface area contributed by atoms with Crippen molar-refractivity contribution in [2.45, 2.75) is 30.0 Å². The van der Waals surface area contributed by atoms with Crippen LogP contribution >= 0.6 is 0 Å². The van der Waals surface area contributed by atoms with Gasteiger partial charge in [0.15, 0.2) is 10.6 Å². The molecule has 0 saturated carbocycles. The van der Waals surface area contributed by atoms with Crippen LogP contribution in [0.4, 0.5) is 0 Å². The monoisotopic (exact) mass is 404 g/mol. The molecule has 0 aliphatic carbocycles. The zero-order valence-corrected chi connectivity index (χ0v) is 16.1. The predicted octanol–water partition coefficient (Wildman–Crippen LogP) is 0.0410. The van der Waals surface area contributed by atoms with E-state index in [0.29, 0.717) is 19.5 Å². The van der Waals surface area contributed by atoms with Gasteiger partial charge in [0.1, 0.15) is 5.71 Å². The molecule has 1 N–H and O–H groups in total. The van der Waals surface area contributed by atoms with Gasteiger partial charge in [-0.05, 0) is 11.6 Å². The lowest BCUT2D eigenvalue weighted by Crippen LogP contribution is -2.38. The number of nitrogens with zero attached hydrogens (tertiary/aromatic N) is 5. The normalized spacial score (nSPS) is 22.2. The number of aryl methyl sites for hydroxylation is 1. The predicted molar refractivity (Wildman–Crippen MR) is 98.5 cm³/mol. The number of hydrogen-bond donors (Lipinski definition) is 1. The molecule has 11 heteroatoms. The SMILES string of the molecule is Cn1cnc(S(=O)(=O)N2CC[C@]3(CC(C(=O)NCc4cccnc4)=NO3)C2)c1. The fraction of sp³-hybridized carbons (Fsp3) is 0.412. The van der Waals surface area contributed by atoms with Crippen molar-refractivity contribution in [3.63, 3.8) is 0 Å². The van der Waals surface area contributed by atoms with Gasteiger partial charge in [0.05, 0.1) is 12.9 Å². The maximum Gasteiger partial charge on any atom is 0.269 e. The van der Waals surface area contributed by atoms with Gasteiger partial charge < -0.3 is 14.7 Å². The molecule has 2 aromatic rings. The topological polar surface area (TPSA) is 119 Å². The second-order valence-corrected chi connectivity index (χ2v) is 8.88. The van der Waals surface area contributed by atoms with Crippen molar-refractivity contribution in [3.05, 3.63) is 42.6 Å². The van der Waals surface area contributed by atoms with Crippen LogP contribution in [0.5, 0.6) is 0 Å². The van der Waals surface area contributed by atoms with Gasteiger partial charge in [0.2, 0.25) is 0 Å². The van der Waals surface area contributed by atoms with Crippen LogP contribution in [0.25, 0.3) is 0 Å². The Labute approximate surface area is 162 Å². The summed E-state index contributed by atoms with van der Waals surface area (Å²) in [7, 11) is -1.99. The molecule has 4 rings (SSSR count). The number of sulfonamides is 1. The molecule has 0 unspecified atom stereocenters. The van der Waals surface area contributed by atoms with E-state index in [-0.39, 0.29) is 29.6 Å². The van der Waals surface area contributed by atoms with Gasteiger partial charge in [-0.3, -0.25) is 9.78 Å². The third kappa shape index (κ3) is 3.50. The molecule has 1 fully saturated rings. The van der Waals surface area contributed by atoms with E-state index < -0.39 is 15.6 Å². The molecule has 0 radical (unpaired) electrons. The summed E-state index contributed by atoms with van der Waals surface area (Å²) in [5, 5.41) is 6.71. The Morgan fingerprint density at radius 3 is 3.00 bits per heavy atom. The minimum absolute atomic E-state index is 0.000373. The van der Waals surface area contributed by atoms with Gasteiger partial charge in [-0.2, -0.15) is 4.31 Å². The number of rotatable bonds is 5. The Kier molecular flexibility index (Phi) is 4.63. The first kappa shape index (κ1) is 18.6. The van der Waals surface area contributed by atoms with E-state index in [1.807, 2.05) is 6.07 Å². The van der Waals surface area contributed by atoms with Crippen LogP contribution in [-0.4, -0.2) is 57.6 Å². The molecule has 2 aromatic heterocycles. The summed E-state index contributed by atoms with van der Waals surface area (Å²) in [5.74, 6) is -0.327. The van der Waals surface area contributed by atoms with Gasteiger partial charge >= 0.3 is 0 Å². The van der Waals surface area contributed by atoms with Gasteiger partial charge in [-0.15, -0.1) is 0 Å². The molecule has 148 valence electrons. The second kappa shape index (κ2) is 6.99. The maximum absolute atomic E-state index is 12.7. The van der Waals surface area contributed by atoms with Crippen molar-refractivity contribution in [2.24, 2.45) is 12.2 Å². The number of oxime groups is 1. The van der Waals surface area contributed by atoms with Crippen LogP contribution in [-0.2, 0) is 33.2 Å². The van der Waals surface area contributed by atoms with Crippen molar-refractivity contribution in [2.75, 3.05) is 13.1 Å². The molecule has 0 bridgehead atoms. The zero-order valence-electron chi connectivity index (χ0n) is 15.3. The van der Waals surface area contributed by atoms with Crippen molar-refractivity contribution < 1.29 is 18.0 Å². The molecule has 2 aliphatic heterocycles. The lowest BCUT2D eigenvalue weighted by molar-refractivity contribution is -0.115. The molecule has 1 atom stereocenters. The highest BCUT2D eigenvalue weighted by Gasteiger charge is 2.50. The van der Waals surface area contributed by atoms with E-state index in [4.69, 9.17) is 4.84 Å². The first-order valence-corrected chi connectivity index (χ1v) is 10.2. The molecule has 4 heterocycles. The fourth-order valence-corrected chi connectivity index (χ4v) is 4.80. The number of carbonyl (C=O) groups is 1. The van der Waals surface area contributed by atoms with Crippen LogP contribution in [0.2, 0.25) is 0 Å². The molecule has 1 saturated heterocycles. The molecule has 2 aliphatic rings. The fourth-order valence-electron chi connectivity index (χ4n) is 3.32. The number of aromatic nitrogens is 3. The largest absolute Gasteiger partial charge is 0.387 e. The number of imidazole rings is 1. The van der Waals surface area contributed by atoms with E-state index in [9.17, 15) is 13.2 Å². The average molecular weight is 404 g/mol. The first-order chi connectivity index (χ1) is 13.4. The van der Waals surface area contributed by atoms with Crippen molar-refractivity contribution >= 4 is 21.6 Å². The van der Waals surface area contributed by atoms with Crippen LogP contribution in [0.15, 0.2) is 47.2 Å². The lowest BCUT2D eigenvalue weighted by atomic mass is 9.96. The van der Waals surface area contributed by atoms with E-state index >= 15 is 0 Å². The quantitative estimate of drug-likeness (QED) is 0.752. The smallest absolute Gasteiger partial charge is 0.269 e. The zero-order chi connectivity index (χ0) is 19.8. The molecule has 0 aromatic carbocycles. The van der Waals surface area contributed by atoms with Crippen molar-refractivity contribution in [1.82, 2.24) is 24.2 Å². The van der Waals surface area contributed by atoms with Crippen LogP contribution in [0, 0.1) is 0 Å². The third-order valence-corrected chi connectivity index (χ3v) is 6.57. The summed E-state index contributed by atoms with van der Waals surface area (Å²) >= 11 is 0. The average Bonchev–Trinajstić information content (AvgIpc) is 3.42. The van der Waals surface area contributed by atoms with Crippen LogP contribution < -0.4 is 5.32 Å². The molecule has 28 heavy (non-hydrogen) atoms. The Morgan fingerprint density at radius 2 is 2.29 bits per heavy atom. The Bertz CT molecular complexity index is 1020. The molecular weight excluding hydrogens is 384 g/mol. The molecule has 1 amide bonds. The third-order valence-electron chi connectivity index (χ3n) is 4.84. The summed E-state index contributed by atoms with van der Waals surface area (Å²) in [4.78, 5) is 25.8. The van der Waals surface area contributed by atoms with E-state index in [1.165, 1.54) is 16.8 Å². The second-order valence-electron chi connectivity index (χ2n) is 7.00. The van der Waals surface area contributed by atoms with E-state index in [2.05, 4.69) is 20.4 Å². The highest BCUT2D eigenvalue weighted by atomic mass is 32.2. The number of nitrogens with one attached hydrogen (secondary N) is 1. The summed E-state index contributed by atoms with van der Waals surface area (Å²) in [6.45, 7) is 0.757. The number of carbonyl (C=O) groups excluding carboxylic acids is 1. The molecule has 1 spiro atoms. The minimum atomic E-state index is -3.70. The Balaban J connectivity index is 1.37. The van der Waals surface area contributed by atoms with Gasteiger partial charge in [0.25, 0.3) is 15.9 Å². The molecule has 10 nitrogen and oxygen atoms in total. The highest BCUT2D eigenvalue weighted by Crippen LogP contribution is 2.36. The van der Waals surface area contributed by atoms with E-state index in [0.717, 1.165) is 5.56 Å². The van der Waals surface area contributed by atoms with Crippen molar-refractivity contribution in [1.29, 1.82) is 0 Å². The van der Waals surface area contributed by atoms with Gasteiger partial charge in [-0.25, -0.2) is 13.4 Å². The van der Waals surface area contributed by atoms with Crippen LogP contribution in [0.1, 0.15) is 18.4 Å². The first-order valence-electron chi connectivity index (χ1n) is 8.78. The Hall–Kier alpha value is -2.79. The maximum atomic E-state index is 12.7. The summed E-state index contributed by atoms with van der Waals surface area (Å²) in [5.41, 5.74) is 0.336. The van der Waals surface area contributed by atoms with Crippen LogP contribution in [0.3, 0.4) is 0 Å². The number of pyridine rings is 1. The summed E-state index contributed by atoms with van der Waals surface area (Å²) in [6, 6.07) is 3.65. The lowest BCUT2D eigenvalue weighted by Gasteiger charge is -2.21. The van der Waals surface area contributed by atoms with Gasteiger partial charge in [-0.1, -0.05) is 11.2 Å². The minimum Gasteiger partial charge on any atom is -0.387 e. The van der Waals surface area contributed by atoms with Crippen molar-refractivity contribution in [3.8, 4) is 0 Å². The summed E-state index contributed by atoms with van der Waals surface area (Å²) in [6.07, 6.45) is 6.96.